The SMILES string of the molecule is COc1c(-c2cccc(NC(=O)C(OC)OC)c2)c(C)n(C2CC2)c(=O)c1/C(Nc1ccc(C)cc1F)=C(/C)C=O. The van der Waals surface area contributed by atoms with Crippen LogP contribution in [0.5, 0.6) is 5.75 Å². The molecule has 0 bridgehead atoms. The maximum absolute atomic E-state index is 14.9. The zero-order chi connectivity index (χ0) is 29.8. The van der Waals surface area contributed by atoms with Crippen molar-refractivity contribution in [2.75, 3.05) is 32.0 Å². The summed E-state index contributed by atoms with van der Waals surface area (Å²) in [6.07, 6.45) is 1.17. The number of allylic oxidation sites excluding steroid dienone is 1. The summed E-state index contributed by atoms with van der Waals surface area (Å²) in [7, 11) is 4.17. The number of aryl methyl sites for hydroxylation is 1. The highest BCUT2D eigenvalue weighted by molar-refractivity contribution is 5.96. The van der Waals surface area contributed by atoms with Crippen LogP contribution in [-0.2, 0) is 19.1 Å². The van der Waals surface area contributed by atoms with Gasteiger partial charge in [-0.3, -0.25) is 14.4 Å². The molecule has 41 heavy (non-hydrogen) atoms. The van der Waals surface area contributed by atoms with Gasteiger partial charge in [-0.2, -0.15) is 0 Å². The Morgan fingerprint density at radius 3 is 2.37 bits per heavy atom. The third kappa shape index (κ3) is 6.08. The number of ether oxygens (including phenoxy) is 3. The molecule has 1 saturated carbocycles. The molecule has 10 heteroatoms. The molecule has 2 N–H and O–H groups in total. The summed E-state index contributed by atoms with van der Waals surface area (Å²) in [6.45, 7) is 5.16. The second-order valence-corrected chi connectivity index (χ2v) is 9.93. The summed E-state index contributed by atoms with van der Waals surface area (Å²) in [5.74, 6) is -0.796. The van der Waals surface area contributed by atoms with Crippen molar-refractivity contribution >= 4 is 29.3 Å². The second kappa shape index (κ2) is 12.5. The van der Waals surface area contributed by atoms with E-state index in [4.69, 9.17) is 14.2 Å². The first kappa shape index (κ1) is 29.7. The van der Waals surface area contributed by atoms with Crippen molar-refractivity contribution in [2.45, 2.75) is 45.9 Å². The maximum Gasteiger partial charge on any atom is 0.281 e. The zero-order valence-electron chi connectivity index (χ0n) is 24.0. The number of carbonyl (C=O) groups excluding carboxylic acids is 2. The van der Waals surface area contributed by atoms with E-state index in [2.05, 4.69) is 10.6 Å². The van der Waals surface area contributed by atoms with Crippen LogP contribution in [0.3, 0.4) is 0 Å². The predicted molar refractivity (Wildman–Crippen MR) is 156 cm³/mol. The Balaban J connectivity index is 1.95. The number of amides is 1. The average molecular weight is 564 g/mol. The summed E-state index contributed by atoms with van der Waals surface area (Å²) >= 11 is 0. The summed E-state index contributed by atoms with van der Waals surface area (Å²) in [4.78, 5) is 38.7. The lowest BCUT2D eigenvalue weighted by Gasteiger charge is -2.24. The predicted octanol–water partition coefficient (Wildman–Crippen LogP) is 5.21. The number of nitrogens with one attached hydrogen (secondary N) is 2. The molecule has 0 radical (unpaired) electrons. The van der Waals surface area contributed by atoms with Gasteiger partial charge in [0.05, 0.1) is 18.5 Å². The topological polar surface area (TPSA) is 108 Å². The molecule has 1 aromatic heterocycles. The summed E-state index contributed by atoms with van der Waals surface area (Å²) < 4.78 is 32.6. The first-order chi connectivity index (χ1) is 19.6. The number of halogens is 1. The average Bonchev–Trinajstić information content (AvgIpc) is 3.78. The first-order valence-corrected chi connectivity index (χ1v) is 13.1. The molecule has 0 saturated heterocycles. The molecule has 4 rings (SSSR count). The van der Waals surface area contributed by atoms with Gasteiger partial charge in [-0.05, 0) is 69.0 Å². The van der Waals surface area contributed by atoms with Gasteiger partial charge in [-0.1, -0.05) is 18.2 Å². The normalized spacial score (nSPS) is 13.6. The largest absolute Gasteiger partial charge is 0.495 e. The van der Waals surface area contributed by atoms with Crippen LogP contribution in [0.1, 0.15) is 42.6 Å². The molecular weight excluding hydrogens is 529 g/mol. The molecule has 0 atom stereocenters. The van der Waals surface area contributed by atoms with E-state index in [1.54, 1.807) is 48.7 Å². The number of anilines is 2. The number of rotatable bonds is 11. The van der Waals surface area contributed by atoms with Gasteiger partial charge in [0.1, 0.15) is 23.4 Å². The number of methoxy groups -OCH3 is 3. The molecule has 216 valence electrons. The highest BCUT2D eigenvalue weighted by atomic mass is 19.1. The molecular formula is C31H34FN3O6. The maximum atomic E-state index is 14.9. The standard InChI is InChI=1S/C31H34FN3O6/c1-17-10-13-24(23(32)14-17)34-27(18(2)16-36)26-28(39-4)25(19(3)35(30(26)38)22-11-12-22)20-8-7-9-21(15-20)33-29(37)31(40-5)41-6/h7-10,13-16,22,31,34H,11-12H2,1-6H3,(H,33,37)/b27-18+. The van der Waals surface area contributed by atoms with Gasteiger partial charge in [0.2, 0.25) is 6.29 Å². The van der Waals surface area contributed by atoms with Crippen LogP contribution in [0, 0.1) is 19.7 Å². The Morgan fingerprint density at radius 1 is 1.07 bits per heavy atom. The molecule has 2 aromatic carbocycles. The number of benzene rings is 2. The van der Waals surface area contributed by atoms with E-state index in [0.29, 0.717) is 28.8 Å². The highest BCUT2D eigenvalue weighted by Gasteiger charge is 2.33. The third-order valence-electron chi connectivity index (χ3n) is 6.99. The highest BCUT2D eigenvalue weighted by Crippen LogP contribution is 2.43. The van der Waals surface area contributed by atoms with Crippen LogP contribution >= 0.6 is 0 Å². The van der Waals surface area contributed by atoms with Gasteiger partial charge in [-0.25, -0.2) is 4.39 Å². The summed E-state index contributed by atoms with van der Waals surface area (Å²) in [5, 5.41) is 5.77. The Hall–Kier alpha value is -4.28. The van der Waals surface area contributed by atoms with Gasteiger partial charge in [0, 0.05) is 42.8 Å². The molecule has 9 nitrogen and oxygen atoms in total. The Kier molecular flexibility index (Phi) is 9.05. The van der Waals surface area contributed by atoms with Gasteiger partial charge in [0.15, 0.2) is 0 Å². The van der Waals surface area contributed by atoms with Crippen molar-refractivity contribution in [3.05, 3.63) is 81.0 Å². The van der Waals surface area contributed by atoms with Crippen LogP contribution < -0.4 is 20.9 Å². The van der Waals surface area contributed by atoms with Crippen LogP contribution in [-0.4, -0.2) is 44.4 Å². The van der Waals surface area contributed by atoms with Crippen LogP contribution in [0.15, 0.2) is 52.8 Å². The second-order valence-electron chi connectivity index (χ2n) is 9.93. The van der Waals surface area contributed by atoms with Crippen molar-refractivity contribution in [3.63, 3.8) is 0 Å². The van der Waals surface area contributed by atoms with Crippen molar-refractivity contribution in [2.24, 2.45) is 0 Å². The Morgan fingerprint density at radius 2 is 1.78 bits per heavy atom. The lowest BCUT2D eigenvalue weighted by Crippen LogP contribution is -2.31. The van der Waals surface area contributed by atoms with E-state index in [-0.39, 0.29) is 39.9 Å². The number of carbonyl (C=O) groups is 2. The van der Waals surface area contributed by atoms with E-state index in [9.17, 15) is 18.8 Å². The van der Waals surface area contributed by atoms with Crippen molar-refractivity contribution in [1.29, 1.82) is 0 Å². The van der Waals surface area contributed by atoms with Crippen molar-refractivity contribution < 1.29 is 28.2 Å². The minimum Gasteiger partial charge on any atom is -0.495 e. The minimum atomic E-state index is -1.09. The number of aromatic nitrogens is 1. The van der Waals surface area contributed by atoms with E-state index in [1.807, 2.05) is 13.0 Å². The number of nitrogens with zero attached hydrogens (tertiary/aromatic N) is 1. The fourth-order valence-electron chi connectivity index (χ4n) is 4.85. The van der Waals surface area contributed by atoms with Crippen molar-refractivity contribution in [3.8, 4) is 16.9 Å². The molecule has 0 aliphatic heterocycles. The van der Waals surface area contributed by atoms with E-state index in [0.717, 1.165) is 18.4 Å². The van der Waals surface area contributed by atoms with E-state index < -0.39 is 18.0 Å². The molecule has 0 spiro atoms. The smallest absolute Gasteiger partial charge is 0.281 e. The summed E-state index contributed by atoms with van der Waals surface area (Å²) in [6, 6.07) is 11.7. The van der Waals surface area contributed by atoms with Gasteiger partial charge in [-0.15, -0.1) is 0 Å². The first-order valence-electron chi connectivity index (χ1n) is 13.1. The van der Waals surface area contributed by atoms with Gasteiger partial charge < -0.3 is 29.4 Å². The fraction of sp³-hybridized carbons (Fsp3) is 0.323. The number of hydrogen-bond acceptors (Lipinski definition) is 7. The van der Waals surface area contributed by atoms with Gasteiger partial charge >= 0.3 is 0 Å². The third-order valence-corrected chi connectivity index (χ3v) is 6.99. The zero-order valence-corrected chi connectivity index (χ0v) is 24.0. The lowest BCUT2D eigenvalue weighted by molar-refractivity contribution is -0.153. The minimum absolute atomic E-state index is 0.0214. The molecule has 1 heterocycles. The van der Waals surface area contributed by atoms with Gasteiger partial charge in [0.25, 0.3) is 11.5 Å². The number of aldehydes is 1. The molecule has 1 amide bonds. The Bertz CT molecular complexity index is 1570. The van der Waals surface area contributed by atoms with Crippen LogP contribution in [0.4, 0.5) is 15.8 Å². The number of hydrogen-bond donors (Lipinski definition) is 2. The van der Waals surface area contributed by atoms with Crippen LogP contribution in [0.2, 0.25) is 0 Å². The van der Waals surface area contributed by atoms with E-state index >= 15 is 0 Å². The molecule has 1 aliphatic rings. The molecule has 3 aromatic rings. The quantitative estimate of drug-likeness (QED) is 0.187. The molecule has 0 unspecified atom stereocenters. The fourth-order valence-corrected chi connectivity index (χ4v) is 4.85. The monoisotopic (exact) mass is 563 g/mol. The van der Waals surface area contributed by atoms with Crippen molar-refractivity contribution in [1.82, 2.24) is 4.57 Å². The van der Waals surface area contributed by atoms with E-state index in [1.165, 1.54) is 27.4 Å². The molecule has 1 fully saturated rings. The molecule has 1 aliphatic carbocycles. The van der Waals surface area contributed by atoms with Crippen LogP contribution in [0.25, 0.3) is 16.8 Å². The lowest BCUT2D eigenvalue weighted by atomic mass is 9.96. The Labute approximate surface area is 237 Å². The summed E-state index contributed by atoms with van der Waals surface area (Å²) in [5.41, 5.74) is 3.33. The number of pyridine rings is 1.